The van der Waals surface area contributed by atoms with Crippen molar-refractivity contribution in [3.05, 3.63) is 22.7 Å². The van der Waals surface area contributed by atoms with Gasteiger partial charge in [0.2, 0.25) is 0 Å². The molecule has 16 heavy (non-hydrogen) atoms. The summed E-state index contributed by atoms with van der Waals surface area (Å²) in [7, 11) is 0. The largest absolute Gasteiger partial charge is 0.393 e. The highest BCUT2D eigenvalue weighted by Crippen LogP contribution is 2.38. The molecule has 0 spiro atoms. The lowest BCUT2D eigenvalue weighted by atomic mass is 10.5. The average molecular weight is 247 g/mol. The molecule has 2 heterocycles. The Morgan fingerprint density at radius 2 is 2.50 bits per heavy atom. The van der Waals surface area contributed by atoms with Crippen LogP contribution in [0.4, 0.5) is 10.2 Å². The van der Waals surface area contributed by atoms with Crippen molar-refractivity contribution in [2.45, 2.75) is 17.2 Å². The SMILES string of the molecule is Nc1ccn([C@H]2O[C@@H](CO)S[C@@H]2F)c(=O)n1. The van der Waals surface area contributed by atoms with E-state index in [1.54, 1.807) is 0 Å². The average Bonchev–Trinajstić information content (AvgIpc) is 2.60. The van der Waals surface area contributed by atoms with E-state index < -0.39 is 22.9 Å². The van der Waals surface area contributed by atoms with E-state index in [9.17, 15) is 9.18 Å². The lowest BCUT2D eigenvalue weighted by Crippen LogP contribution is -2.30. The van der Waals surface area contributed by atoms with Gasteiger partial charge in [0, 0.05) is 6.20 Å². The van der Waals surface area contributed by atoms with Crippen LogP contribution in [0.2, 0.25) is 0 Å². The maximum absolute atomic E-state index is 13.5. The van der Waals surface area contributed by atoms with E-state index in [0.29, 0.717) is 0 Å². The Bertz CT molecular complexity index is 441. The molecular weight excluding hydrogens is 237 g/mol. The standard InChI is InChI=1S/C8H10FN3O3S/c9-6-7(15-5(3-13)16-6)12-2-1-4(10)11-8(12)14/h1-2,5-7,13H,3H2,(H2,10,11,14)/t5-,6+,7+/m1/s1. The molecule has 88 valence electrons. The molecule has 0 amide bonds. The number of ether oxygens (including phenoxy) is 1. The number of aliphatic hydroxyl groups is 1. The number of aliphatic hydroxyl groups excluding tert-OH is 1. The Labute approximate surface area is 94.2 Å². The first-order chi connectivity index (χ1) is 7.61. The van der Waals surface area contributed by atoms with Crippen molar-refractivity contribution < 1.29 is 14.2 Å². The molecule has 3 atom stereocenters. The number of nitrogen functional groups attached to an aromatic ring is 1. The van der Waals surface area contributed by atoms with Gasteiger partial charge < -0.3 is 15.6 Å². The summed E-state index contributed by atoms with van der Waals surface area (Å²) in [6.45, 7) is -0.307. The summed E-state index contributed by atoms with van der Waals surface area (Å²) >= 11 is 0.824. The van der Waals surface area contributed by atoms with Gasteiger partial charge in [0.05, 0.1) is 6.61 Å². The lowest BCUT2D eigenvalue weighted by molar-refractivity contribution is -0.0355. The van der Waals surface area contributed by atoms with Gasteiger partial charge in [0.1, 0.15) is 11.3 Å². The summed E-state index contributed by atoms with van der Waals surface area (Å²) < 4.78 is 19.7. The van der Waals surface area contributed by atoms with Crippen LogP contribution in [0.1, 0.15) is 6.23 Å². The number of rotatable bonds is 2. The van der Waals surface area contributed by atoms with Crippen LogP contribution in [0.15, 0.2) is 17.1 Å². The van der Waals surface area contributed by atoms with E-state index in [1.807, 2.05) is 0 Å². The van der Waals surface area contributed by atoms with Crippen molar-refractivity contribution in [2.24, 2.45) is 0 Å². The minimum atomic E-state index is -1.42. The second kappa shape index (κ2) is 4.40. The highest BCUT2D eigenvalue weighted by Gasteiger charge is 2.37. The number of nitrogens with two attached hydrogens (primary N) is 1. The quantitative estimate of drug-likeness (QED) is 0.745. The van der Waals surface area contributed by atoms with Crippen molar-refractivity contribution >= 4 is 17.6 Å². The first-order valence-electron chi connectivity index (χ1n) is 4.52. The highest BCUT2D eigenvalue weighted by atomic mass is 32.2. The van der Waals surface area contributed by atoms with E-state index in [4.69, 9.17) is 15.6 Å². The van der Waals surface area contributed by atoms with Gasteiger partial charge >= 0.3 is 5.69 Å². The zero-order chi connectivity index (χ0) is 11.7. The molecule has 0 aliphatic carbocycles. The number of hydrogen-bond acceptors (Lipinski definition) is 6. The molecule has 2 rings (SSSR count). The van der Waals surface area contributed by atoms with Crippen LogP contribution >= 0.6 is 11.8 Å². The summed E-state index contributed by atoms with van der Waals surface area (Å²) in [5, 5.41) is 8.83. The lowest BCUT2D eigenvalue weighted by Gasteiger charge is -2.14. The van der Waals surface area contributed by atoms with Crippen LogP contribution in [0.3, 0.4) is 0 Å². The van der Waals surface area contributed by atoms with E-state index in [2.05, 4.69) is 4.98 Å². The molecule has 0 bridgehead atoms. The summed E-state index contributed by atoms with van der Waals surface area (Å²) in [5.41, 5.74) is 2.56. The van der Waals surface area contributed by atoms with Crippen LogP contribution in [-0.2, 0) is 4.74 Å². The first-order valence-corrected chi connectivity index (χ1v) is 5.46. The Morgan fingerprint density at radius 1 is 1.75 bits per heavy atom. The monoisotopic (exact) mass is 247 g/mol. The van der Waals surface area contributed by atoms with Gasteiger partial charge in [-0.2, -0.15) is 4.98 Å². The van der Waals surface area contributed by atoms with Crippen LogP contribution in [0.5, 0.6) is 0 Å². The van der Waals surface area contributed by atoms with E-state index >= 15 is 0 Å². The van der Waals surface area contributed by atoms with Gasteiger partial charge in [-0.25, -0.2) is 9.18 Å². The molecule has 1 aromatic heterocycles. The fourth-order valence-electron chi connectivity index (χ4n) is 1.36. The van der Waals surface area contributed by atoms with Crippen molar-refractivity contribution in [3.8, 4) is 0 Å². The number of anilines is 1. The smallest absolute Gasteiger partial charge is 0.351 e. The minimum absolute atomic E-state index is 0.0704. The zero-order valence-corrected chi connectivity index (χ0v) is 8.93. The molecule has 1 aliphatic rings. The highest BCUT2D eigenvalue weighted by molar-refractivity contribution is 8.00. The Balaban J connectivity index is 2.28. The summed E-state index contributed by atoms with van der Waals surface area (Å²) in [4.78, 5) is 14.9. The van der Waals surface area contributed by atoms with Gasteiger partial charge in [-0.1, -0.05) is 11.8 Å². The van der Waals surface area contributed by atoms with Crippen LogP contribution < -0.4 is 11.4 Å². The van der Waals surface area contributed by atoms with Crippen molar-refractivity contribution in [3.63, 3.8) is 0 Å². The van der Waals surface area contributed by atoms with Crippen LogP contribution in [0.25, 0.3) is 0 Å². The Kier molecular flexibility index (Phi) is 3.13. The van der Waals surface area contributed by atoms with Gasteiger partial charge in [0.15, 0.2) is 11.7 Å². The molecule has 1 aromatic rings. The molecule has 1 fully saturated rings. The Hall–Kier alpha value is -1.12. The van der Waals surface area contributed by atoms with Gasteiger partial charge in [0.25, 0.3) is 0 Å². The summed E-state index contributed by atoms with van der Waals surface area (Å²) in [6, 6.07) is 1.38. The third-order valence-electron chi connectivity index (χ3n) is 2.07. The second-order valence-corrected chi connectivity index (χ2v) is 4.42. The third-order valence-corrected chi connectivity index (χ3v) is 3.13. The molecule has 3 N–H and O–H groups in total. The predicted molar refractivity (Wildman–Crippen MR) is 56.4 cm³/mol. The number of hydrogen-bond donors (Lipinski definition) is 2. The number of thioether (sulfide) groups is 1. The molecule has 0 radical (unpaired) electrons. The first kappa shape index (κ1) is 11.4. The minimum Gasteiger partial charge on any atom is -0.393 e. The molecule has 1 saturated heterocycles. The van der Waals surface area contributed by atoms with Gasteiger partial charge in [-0.3, -0.25) is 4.57 Å². The Morgan fingerprint density at radius 3 is 3.06 bits per heavy atom. The van der Waals surface area contributed by atoms with Crippen LogP contribution in [0, 0.1) is 0 Å². The van der Waals surface area contributed by atoms with E-state index in [0.717, 1.165) is 16.3 Å². The second-order valence-electron chi connectivity index (χ2n) is 3.17. The number of halogens is 1. The number of aromatic nitrogens is 2. The molecular formula is C8H10FN3O3S. The van der Waals surface area contributed by atoms with Crippen molar-refractivity contribution in [1.29, 1.82) is 0 Å². The van der Waals surface area contributed by atoms with Gasteiger partial charge in [-0.15, -0.1) is 0 Å². The van der Waals surface area contributed by atoms with E-state index in [-0.39, 0.29) is 12.4 Å². The molecule has 0 unspecified atom stereocenters. The normalized spacial score (nSPS) is 29.5. The zero-order valence-electron chi connectivity index (χ0n) is 8.12. The maximum Gasteiger partial charge on any atom is 0.351 e. The molecule has 0 aromatic carbocycles. The van der Waals surface area contributed by atoms with Crippen LogP contribution in [-0.4, -0.2) is 32.2 Å². The number of alkyl halides is 1. The molecule has 0 saturated carbocycles. The predicted octanol–water partition coefficient (Wildman–Crippen LogP) is -0.298. The third kappa shape index (κ3) is 2.04. The molecule has 8 heteroatoms. The summed E-state index contributed by atoms with van der Waals surface area (Å²) in [6.07, 6.45) is 0.255. The summed E-state index contributed by atoms with van der Waals surface area (Å²) in [5.74, 6) is 0.0704. The van der Waals surface area contributed by atoms with Crippen molar-refractivity contribution in [2.75, 3.05) is 12.3 Å². The number of nitrogens with zero attached hydrogens (tertiary/aromatic N) is 2. The van der Waals surface area contributed by atoms with Crippen molar-refractivity contribution in [1.82, 2.24) is 9.55 Å². The maximum atomic E-state index is 13.5. The topological polar surface area (TPSA) is 90.4 Å². The fraction of sp³-hybridized carbons (Fsp3) is 0.500. The molecule has 1 aliphatic heterocycles. The fourth-order valence-corrected chi connectivity index (χ4v) is 2.24. The van der Waals surface area contributed by atoms with E-state index in [1.165, 1.54) is 12.3 Å². The van der Waals surface area contributed by atoms with Gasteiger partial charge in [-0.05, 0) is 6.07 Å². The molecule has 6 nitrogen and oxygen atoms in total.